The molecule has 2 heterocycles. The first-order valence-electron chi connectivity index (χ1n) is 7.82. The molecule has 0 spiro atoms. The van der Waals surface area contributed by atoms with Crippen LogP contribution in [0.2, 0.25) is 0 Å². The molecule has 0 radical (unpaired) electrons. The number of ether oxygens (including phenoxy) is 1. The van der Waals surface area contributed by atoms with E-state index in [-0.39, 0.29) is 5.91 Å². The van der Waals surface area contributed by atoms with Gasteiger partial charge < -0.3 is 9.64 Å². The van der Waals surface area contributed by atoms with Crippen LogP contribution < -0.4 is 9.64 Å². The maximum atomic E-state index is 12.3. The van der Waals surface area contributed by atoms with Crippen molar-refractivity contribution in [3.8, 4) is 5.75 Å². The molecule has 2 aliphatic heterocycles. The van der Waals surface area contributed by atoms with Crippen LogP contribution in [-0.4, -0.2) is 41.9 Å². The van der Waals surface area contributed by atoms with E-state index in [9.17, 15) is 4.79 Å². The lowest BCUT2D eigenvalue weighted by Gasteiger charge is -2.19. The number of benzene rings is 1. The summed E-state index contributed by atoms with van der Waals surface area (Å²) in [7, 11) is 1.66. The van der Waals surface area contributed by atoms with E-state index in [0.29, 0.717) is 15.8 Å². The molecule has 0 N–H and O–H groups in total. The van der Waals surface area contributed by atoms with E-state index in [1.165, 1.54) is 30.3 Å². The van der Waals surface area contributed by atoms with Gasteiger partial charge in [0.1, 0.15) is 10.1 Å². The molecule has 2 aliphatic rings. The molecule has 23 heavy (non-hydrogen) atoms. The molecule has 1 aromatic rings. The van der Waals surface area contributed by atoms with Gasteiger partial charge in [0.05, 0.1) is 12.0 Å². The van der Waals surface area contributed by atoms with Gasteiger partial charge >= 0.3 is 0 Å². The molecule has 2 fully saturated rings. The normalized spacial score (nSPS) is 20.0. The second-order valence-corrected chi connectivity index (χ2v) is 7.22. The first-order valence-corrected chi connectivity index (χ1v) is 9.05. The summed E-state index contributed by atoms with van der Waals surface area (Å²) in [6, 6.07) is 6.17. The van der Waals surface area contributed by atoms with E-state index in [1.54, 1.807) is 12.0 Å². The van der Waals surface area contributed by atoms with E-state index < -0.39 is 0 Å². The Kier molecular flexibility index (Phi) is 4.92. The zero-order valence-electron chi connectivity index (χ0n) is 13.4. The highest BCUT2D eigenvalue weighted by atomic mass is 32.2. The first kappa shape index (κ1) is 16.3. The second-order valence-electron chi connectivity index (χ2n) is 5.55. The summed E-state index contributed by atoms with van der Waals surface area (Å²) in [5, 5.41) is 0. The lowest BCUT2D eigenvalue weighted by atomic mass is 10.1. The smallest absolute Gasteiger partial charge is 0.266 e. The highest BCUT2D eigenvalue weighted by molar-refractivity contribution is 8.26. The lowest BCUT2D eigenvalue weighted by Crippen LogP contribution is -2.27. The van der Waals surface area contributed by atoms with Crippen LogP contribution in [0.3, 0.4) is 0 Å². The molecule has 1 aromatic carbocycles. The van der Waals surface area contributed by atoms with Crippen LogP contribution in [0.4, 0.5) is 5.69 Å². The fourth-order valence-corrected chi connectivity index (χ4v) is 4.28. The minimum absolute atomic E-state index is 0.0202. The van der Waals surface area contributed by atoms with E-state index in [1.807, 2.05) is 19.1 Å². The molecular formula is C17H20N2O2S2. The number of methoxy groups -OCH3 is 1. The molecule has 0 aromatic heterocycles. The largest absolute Gasteiger partial charge is 0.496 e. The van der Waals surface area contributed by atoms with E-state index >= 15 is 0 Å². The summed E-state index contributed by atoms with van der Waals surface area (Å²) in [4.78, 5) is 17.0. The van der Waals surface area contributed by atoms with Gasteiger partial charge in [0.25, 0.3) is 5.91 Å². The molecule has 122 valence electrons. The Morgan fingerprint density at radius 2 is 2.09 bits per heavy atom. The molecule has 4 nitrogen and oxygen atoms in total. The van der Waals surface area contributed by atoms with Gasteiger partial charge in [-0.1, -0.05) is 24.0 Å². The fraction of sp³-hybridized carbons (Fsp3) is 0.412. The van der Waals surface area contributed by atoms with Crippen LogP contribution in [0.5, 0.6) is 5.75 Å². The van der Waals surface area contributed by atoms with Crippen molar-refractivity contribution in [3.05, 3.63) is 28.7 Å². The van der Waals surface area contributed by atoms with Gasteiger partial charge in [0, 0.05) is 37.0 Å². The van der Waals surface area contributed by atoms with E-state index in [0.717, 1.165) is 24.4 Å². The Balaban J connectivity index is 1.89. The Bertz CT molecular complexity index is 667. The second kappa shape index (κ2) is 6.93. The number of likely N-dealkylation sites (N-methyl/N-ethyl adjacent to an activating group) is 1. The third-order valence-corrected chi connectivity index (χ3v) is 5.54. The Morgan fingerprint density at radius 3 is 2.70 bits per heavy atom. The van der Waals surface area contributed by atoms with E-state index in [2.05, 4.69) is 17.0 Å². The molecule has 6 heteroatoms. The van der Waals surface area contributed by atoms with Crippen molar-refractivity contribution in [2.75, 3.05) is 31.6 Å². The van der Waals surface area contributed by atoms with Crippen molar-refractivity contribution >= 4 is 46.0 Å². The number of nitrogens with zero attached hydrogens (tertiary/aromatic N) is 2. The number of anilines is 1. The monoisotopic (exact) mass is 348 g/mol. The van der Waals surface area contributed by atoms with Crippen molar-refractivity contribution in [2.45, 2.75) is 19.8 Å². The topological polar surface area (TPSA) is 32.8 Å². The molecule has 0 saturated carbocycles. The van der Waals surface area contributed by atoms with Crippen molar-refractivity contribution in [2.24, 2.45) is 0 Å². The summed E-state index contributed by atoms with van der Waals surface area (Å²) < 4.78 is 6.15. The van der Waals surface area contributed by atoms with Gasteiger partial charge in [0.2, 0.25) is 0 Å². The van der Waals surface area contributed by atoms with Crippen LogP contribution in [0.1, 0.15) is 25.3 Å². The van der Waals surface area contributed by atoms with Crippen molar-refractivity contribution < 1.29 is 9.53 Å². The third-order valence-electron chi connectivity index (χ3n) is 4.16. The van der Waals surface area contributed by atoms with Crippen LogP contribution in [0.15, 0.2) is 23.1 Å². The van der Waals surface area contributed by atoms with Crippen LogP contribution >= 0.6 is 24.0 Å². The zero-order chi connectivity index (χ0) is 16.4. The van der Waals surface area contributed by atoms with Crippen molar-refractivity contribution in [1.82, 2.24) is 4.90 Å². The number of thiocarbonyl (C=S) groups is 1. The Hall–Kier alpha value is -1.53. The van der Waals surface area contributed by atoms with Crippen molar-refractivity contribution in [1.29, 1.82) is 0 Å². The van der Waals surface area contributed by atoms with E-state index in [4.69, 9.17) is 17.0 Å². The minimum Gasteiger partial charge on any atom is -0.496 e. The predicted octanol–water partition coefficient (Wildman–Crippen LogP) is 3.52. The maximum Gasteiger partial charge on any atom is 0.266 e. The average Bonchev–Trinajstić information content (AvgIpc) is 3.17. The number of carbonyl (C=O) groups excluding carboxylic acids is 1. The Morgan fingerprint density at radius 1 is 1.35 bits per heavy atom. The number of hydrogen-bond acceptors (Lipinski definition) is 5. The quantitative estimate of drug-likeness (QED) is 0.614. The molecule has 0 aliphatic carbocycles. The van der Waals surface area contributed by atoms with Gasteiger partial charge in [0.15, 0.2) is 0 Å². The van der Waals surface area contributed by atoms with Gasteiger partial charge in [-0.15, -0.1) is 0 Å². The minimum atomic E-state index is -0.0202. The zero-order valence-corrected chi connectivity index (χ0v) is 15.0. The van der Waals surface area contributed by atoms with Gasteiger partial charge in [-0.05, 0) is 38.0 Å². The summed E-state index contributed by atoms with van der Waals surface area (Å²) in [5.74, 6) is 0.768. The molecule has 0 unspecified atom stereocenters. The summed E-state index contributed by atoms with van der Waals surface area (Å²) in [5.41, 5.74) is 2.09. The standard InChI is InChI=1S/C17H20N2O2S2/c1-3-19-16(20)15(23-17(19)22)10-12-6-7-13(11-14(12)21-2)18-8-4-5-9-18/h6-7,10-11H,3-5,8-9H2,1-2H3/b15-10-. The molecular weight excluding hydrogens is 328 g/mol. The first-order chi connectivity index (χ1) is 11.1. The SMILES string of the molecule is CCN1C(=O)/C(=C/c2ccc(N3CCCC3)cc2OC)SC1=S. The van der Waals surface area contributed by atoms with Gasteiger partial charge in [-0.2, -0.15) is 0 Å². The highest BCUT2D eigenvalue weighted by Gasteiger charge is 2.30. The Labute approximate surface area is 146 Å². The van der Waals surface area contributed by atoms with Gasteiger partial charge in [-0.25, -0.2) is 0 Å². The third kappa shape index (κ3) is 3.23. The number of hydrogen-bond donors (Lipinski definition) is 0. The number of carbonyl (C=O) groups is 1. The van der Waals surface area contributed by atoms with Crippen LogP contribution in [0.25, 0.3) is 6.08 Å². The summed E-state index contributed by atoms with van der Waals surface area (Å²) >= 11 is 6.61. The predicted molar refractivity (Wildman–Crippen MR) is 100.0 cm³/mol. The number of thioether (sulfide) groups is 1. The molecule has 1 amide bonds. The lowest BCUT2D eigenvalue weighted by molar-refractivity contribution is -0.121. The highest BCUT2D eigenvalue weighted by Crippen LogP contribution is 2.35. The molecule has 3 rings (SSSR count). The number of amides is 1. The molecule has 0 bridgehead atoms. The molecule has 0 atom stereocenters. The van der Waals surface area contributed by atoms with Crippen LogP contribution in [-0.2, 0) is 4.79 Å². The molecule has 2 saturated heterocycles. The van der Waals surface area contributed by atoms with Crippen molar-refractivity contribution in [3.63, 3.8) is 0 Å². The summed E-state index contributed by atoms with van der Waals surface area (Å²) in [6.45, 7) is 4.72. The average molecular weight is 348 g/mol. The summed E-state index contributed by atoms with van der Waals surface area (Å²) in [6.07, 6.45) is 4.36. The fourth-order valence-electron chi connectivity index (χ4n) is 2.90. The van der Waals surface area contributed by atoms with Gasteiger partial charge in [-0.3, -0.25) is 9.69 Å². The maximum absolute atomic E-state index is 12.3. The number of rotatable bonds is 4. The van der Waals surface area contributed by atoms with Crippen LogP contribution in [0, 0.1) is 0 Å².